The molecule has 134 valence electrons. The highest BCUT2D eigenvalue weighted by Gasteiger charge is 2.37. The largest absolute Gasteiger partial charge is 0.474 e. The Morgan fingerprint density at radius 2 is 1.76 bits per heavy atom. The Labute approximate surface area is 144 Å². The Bertz CT molecular complexity index is 700. The van der Waals surface area contributed by atoms with Crippen molar-refractivity contribution in [2.24, 2.45) is 0 Å². The molecule has 0 spiro atoms. The molecule has 1 saturated carbocycles. The molecule has 3 rings (SSSR count). The van der Waals surface area contributed by atoms with Gasteiger partial charge in [-0.05, 0) is 37.8 Å². The van der Waals surface area contributed by atoms with Crippen LogP contribution < -0.4 is 9.64 Å². The number of aromatic nitrogens is 2. The highest BCUT2D eigenvalue weighted by molar-refractivity contribution is 5.56. The van der Waals surface area contributed by atoms with Gasteiger partial charge in [0.2, 0.25) is 11.8 Å². The van der Waals surface area contributed by atoms with Crippen LogP contribution in [0, 0.1) is 0 Å². The monoisotopic (exact) mass is 351 g/mol. The molecular formula is C18H20F3N3O. The van der Waals surface area contributed by atoms with Crippen LogP contribution in [-0.4, -0.2) is 23.1 Å². The Morgan fingerprint density at radius 1 is 1.08 bits per heavy atom. The van der Waals surface area contributed by atoms with Gasteiger partial charge in [-0.15, -0.1) is 0 Å². The standard InChI is InChI=1S/C18H20F3N3O/c1-24(13-8-4-2-5-9-13)17-22-12-15(18(19,20)21)16(23-17)25-14-10-6-3-7-11-14/h2,4-5,8-9,12,14H,3,6-7,10-11H2,1H3. The maximum Gasteiger partial charge on any atom is 0.423 e. The van der Waals surface area contributed by atoms with Gasteiger partial charge in [0.1, 0.15) is 11.7 Å². The van der Waals surface area contributed by atoms with Crippen molar-refractivity contribution in [2.45, 2.75) is 44.4 Å². The zero-order chi connectivity index (χ0) is 17.9. The van der Waals surface area contributed by atoms with Gasteiger partial charge in [-0.1, -0.05) is 24.6 Å². The number of alkyl halides is 3. The lowest BCUT2D eigenvalue weighted by Crippen LogP contribution is -2.23. The van der Waals surface area contributed by atoms with Crippen LogP contribution in [0.2, 0.25) is 0 Å². The number of rotatable bonds is 4. The molecule has 0 aliphatic heterocycles. The van der Waals surface area contributed by atoms with Gasteiger partial charge in [-0.3, -0.25) is 0 Å². The Hall–Kier alpha value is -2.31. The lowest BCUT2D eigenvalue weighted by molar-refractivity contribution is -0.140. The molecule has 2 aromatic rings. The van der Waals surface area contributed by atoms with Crippen LogP contribution in [0.5, 0.6) is 5.88 Å². The quantitative estimate of drug-likeness (QED) is 0.779. The lowest BCUT2D eigenvalue weighted by Gasteiger charge is -2.25. The lowest BCUT2D eigenvalue weighted by atomic mass is 9.98. The molecule has 0 saturated heterocycles. The molecular weight excluding hydrogens is 331 g/mol. The summed E-state index contributed by atoms with van der Waals surface area (Å²) in [6, 6.07) is 9.22. The van der Waals surface area contributed by atoms with E-state index in [1.807, 2.05) is 30.3 Å². The minimum atomic E-state index is -4.55. The highest BCUT2D eigenvalue weighted by atomic mass is 19.4. The summed E-state index contributed by atoms with van der Waals surface area (Å²) in [7, 11) is 1.71. The summed E-state index contributed by atoms with van der Waals surface area (Å²) in [5.41, 5.74) is -0.144. The third kappa shape index (κ3) is 4.21. The van der Waals surface area contributed by atoms with Crippen LogP contribution in [0.3, 0.4) is 0 Å². The van der Waals surface area contributed by atoms with E-state index >= 15 is 0 Å². The molecule has 0 atom stereocenters. The van der Waals surface area contributed by atoms with Gasteiger partial charge >= 0.3 is 6.18 Å². The number of ether oxygens (including phenoxy) is 1. The van der Waals surface area contributed by atoms with Crippen molar-refractivity contribution in [2.75, 3.05) is 11.9 Å². The summed E-state index contributed by atoms with van der Waals surface area (Å²) >= 11 is 0. The fourth-order valence-electron chi connectivity index (χ4n) is 2.91. The molecule has 7 heteroatoms. The second-order valence-electron chi connectivity index (χ2n) is 6.16. The molecule has 0 radical (unpaired) electrons. The summed E-state index contributed by atoms with van der Waals surface area (Å²) in [6.45, 7) is 0. The number of halogens is 3. The maximum atomic E-state index is 13.3. The van der Waals surface area contributed by atoms with Crippen molar-refractivity contribution < 1.29 is 17.9 Å². The van der Waals surface area contributed by atoms with Gasteiger partial charge in [0.15, 0.2) is 0 Å². The molecule has 25 heavy (non-hydrogen) atoms. The third-order valence-corrected chi connectivity index (χ3v) is 4.32. The van der Waals surface area contributed by atoms with Crippen LogP contribution in [0.1, 0.15) is 37.7 Å². The minimum Gasteiger partial charge on any atom is -0.474 e. The molecule has 0 unspecified atom stereocenters. The molecule has 4 nitrogen and oxygen atoms in total. The van der Waals surface area contributed by atoms with Gasteiger partial charge < -0.3 is 9.64 Å². The molecule has 0 N–H and O–H groups in total. The third-order valence-electron chi connectivity index (χ3n) is 4.32. The molecule has 1 heterocycles. The van der Waals surface area contributed by atoms with Crippen LogP contribution >= 0.6 is 0 Å². The summed E-state index contributed by atoms with van der Waals surface area (Å²) in [6.07, 6.45) is 0.573. The molecule has 0 amide bonds. The first-order chi connectivity index (χ1) is 11.9. The van der Waals surface area contributed by atoms with Gasteiger partial charge in [-0.25, -0.2) is 4.98 Å². The van der Waals surface area contributed by atoms with Crippen molar-refractivity contribution in [3.63, 3.8) is 0 Å². The van der Waals surface area contributed by atoms with Crippen molar-refractivity contribution in [1.82, 2.24) is 9.97 Å². The Kier molecular flexibility index (Phi) is 5.11. The second-order valence-corrected chi connectivity index (χ2v) is 6.16. The SMILES string of the molecule is CN(c1ccccc1)c1ncc(C(F)(F)F)c(OC2CCCCC2)n1. The topological polar surface area (TPSA) is 38.2 Å². The van der Waals surface area contributed by atoms with E-state index in [1.165, 1.54) is 0 Å². The maximum absolute atomic E-state index is 13.3. The first kappa shape index (κ1) is 17.5. The van der Waals surface area contributed by atoms with Gasteiger partial charge in [0.05, 0.1) is 0 Å². The zero-order valence-electron chi connectivity index (χ0n) is 14.0. The van der Waals surface area contributed by atoms with E-state index in [0.29, 0.717) is 0 Å². The van der Waals surface area contributed by atoms with Crippen molar-refractivity contribution in [3.8, 4) is 5.88 Å². The van der Waals surface area contributed by atoms with E-state index in [-0.39, 0.29) is 17.9 Å². The van der Waals surface area contributed by atoms with Crippen molar-refractivity contribution in [1.29, 1.82) is 0 Å². The first-order valence-electron chi connectivity index (χ1n) is 8.35. The van der Waals surface area contributed by atoms with E-state index in [2.05, 4.69) is 9.97 Å². The average molecular weight is 351 g/mol. The molecule has 1 aromatic carbocycles. The number of benzene rings is 1. The molecule has 1 aliphatic rings. The Morgan fingerprint density at radius 3 is 2.40 bits per heavy atom. The second kappa shape index (κ2) is 7.29. The van der Waals surface area contributed by atoms with E-state index in [1.54, 1.807) is 11.9 Å². The Balaban J connectivity index is 1.92. The van der Waals surface area contributed by atoms with E-state index in [9.17, 15) is 13.2 Å². The molecule has 1 fully saturated rings. The van der Waals surface area contributed by atoms with Crippen LogP contribution in [-0.2, 0) is 6.18 Å². The van der Waals surface area contributed by atoms with Crippen molar-refractivity contribution in [3.05, 3.63) is 42.1 Å². The first-order valence-corrected chi connectivity index (χ1v) is 8.35. The summed E-state index contributed by atoms with van der Waals surface area (Å²) in [5, 5.41) is 0. The number of hydrogen-bond acceptors (Lipinski definition) is 4. The number of anilines is 2. The molecule has 1 aliphatic carbocycles. The number of hydrogen-bond donors (Lipinski definition) is 0. The predicted molar refractivity (Wildman–Crippen MR) is 89.0 cm³/mol. The predicted octanol–water partition coefficient (Wildman–Crippen LogP) is 4.97. The minimum absolute atomic E-state index is 0.171. The van der Waals surface area contributed by atoms with Crippen LogP contribution in [0.25, 0.3) is 0 Å². The summed E-state index contributed by atoms with van der Waals surface area (Å²) < 4.78 is 45.5. The fraction of sp³-hybridized carbons (Fsp3) is 0.444. The highest BCUT2D eigenvalue weighted by Crippen LogP contribution is 2.37. The normalized spacial score (nSPS) is 15.8. The number of para-hydroxylation sites is 1. The van der Waals surface area contributed by atoms with Gasteiger partial charge in [0.25, 0.3) is 0 Å². The summed E-state index contributed by atoms with van der Waals surface area (Å²) in [5.74, 6) is -0.211. The van der Waals surface area contributed by atoms with E-state index in [0.717, 1.165) is 44.0 Å². The van der Waals surface area contributed by atoms with Gasteiger partial charge in [-0.2, -0.15) is 18.2 Å². The van der Waals surface area contributed by atoms with E-state index < -0.39 is 11.7 Å². The molecule has 1 aromatic heterocycles. The summed E-state index contributed by atoms with van der Waals surface area (Å²) in [4.78, 5) is 9.60. The molecule has 0 bridgehead atoms. The van der Waals surface area contributed by atoms with Crippen LogP contribution in [0.15, 0.2) is 36.5 Å². The van der Waals surface area contributed by atoms with E-state index in [4.69, 9.17) is 4.74 Å². The smallest absolute Gasteiger partial charge is 0.423 e. The zero-order valence-corrected chi connectivity index (χ0v) is 14.0. The van der Waals surface area contributed by atoms with Crippen molar-refractivity contribution >= 4 is 11.6 Å². The van der Waals surface area contributed by atoms with Gasteiger partial charge in [0, 0.05) is 18.9 Å². The fourth-order valence-corrected chi connectivity index (χ4v) is 2.91. The van der Waals surface area contributed by atoms with Crippen LogP contribution in [0.4, 0.5) is 24.8 Å². The number of nitrogens with zero attached hydrogens (tertiary/aromatic N) is 3. The average Bonchev–Trinajstić information content (AvgIpc) is 2.62.